The summed E-state index contributed by atoms with van der Waals surface area (Å²) in [6, 6.07) is 8.30. The Morgan fingerprint density at radius 3 is 2.67 bits per heavy atom. The first-order valence-corrected chi connectivity index (χ1v) is 10.5. The molecule has 4 N–H and O–H groups in total. The van der Waals surface area contributed by atoms with Gasteiger partial charge in [-0.3, -0.25) is 9.36 Å². The number of nitrogens with one attached hydrogen (secondary N) is 2. The third-order valence-corrected chi connectivity index (χ3v) is 5.82. The number of carbonyl (C=O) groups excluding carboxylic acids is 3. The van der Waals surface area contributed by atoms with Crippen LogP contribution in [0.25, 0.3) is 10.9 Å². The molecule has 11 heteroatoms. The van der Waals surface area contributed by atoms with E-state index in [1.165, 1.54) is 29.0 Å². The fraction of sp³-hybridized carbons (Fsp3) is 0.227. The van der Waals surface area contributed by atoms with E-state index in [0.717, 1.165) is 4.90 Å². The van der Waals surface area contributed by atoms with E-state index in [2.05, 4.69) is 10.6 Å². The summed E-state index contributed by atoms with van der Waals surface area (Å²) in [6.45, 7) is -0.207. The van der Waals surface area contributed by atoms with Crippen LogP contribution in [-0.2, 0) is 11.3 Å². The van der Waals surface area contributed by atoms with Gasteiger partial charge in [-0.1, -0.05) is 41.9 Å². The third kappa shape index (κ3) is 4.34. The zero-order valence-corrected chi connectivity index (χ0v) is 18.0. The highest BCUT2D eigenvalue weighted by Gasteiger charge is 2.42. The number of halogens is 3. The highest BCUT2D eigenvalue weighted by molar-refractivity contribution is 6.30. The van der Waals surface area contributed by atoms with Crippen LogP contribution in [0.15, 0.2) is 48.7 Å². The molecule has 2 aromatic carbocycles. The largest absolute Gasteiger partial charge is 0.351 e. The van der Waals surface area contributed by atoms with Gasteiger partial charge in [0.05, 0.1) is 16.2 Å². The molecule has 33 heavy (non-hydrogen) atoms. The predicted octanol–water partition coefficient (Wildman–Crippen LogP) is 3.62. The van der Waals surface area contributed by atoms with E-state index < -0.39 is 36.0 Å². The minimum Gasteiger partial charge on any atom is -0.351 e. The molecule has 4 rings (SSSR count). The van der Waals surface area contributed by atoms with Crippen molar-refractivity contribution in [1.29, 1.82) is 0 Å². The molecule has 1 fully saturated rings. The van der Waals surface area contributed by atoms with Gasteiger partial charge in [-0.2, -0.15) is 0 Å². The number of rotatable bonds is 4. The summed E-state index contributed by atoms with van der Waals surface area (Å²) < 4.78 is 29.8. The molecule has 1 aliphatic rings. The van der Waals surface area contributed by atoms with Crippen molar-refractivity contribution in [3.05, 3.63) is 65.1 Å². The molecule has 0 radical (unpaired) electrons. The van der Waals surface area contributed by atoms with Crippen LogP contribution in [0.5, 0.6) is 0 Å². The minimum absolute atomic E-state index is 0.00503. The Morgan fingerprint density at radius 1 is 1.15 bits per heavy atom. The number of alkyl halides is 1. The zero-order valence-electron chi connectivity index (χ0n) is 17.2. The number of benzene rings is 2. The number of hydrogen-bond acceptors (Lipinski definition) is 3. The molecule has 172 valence electrons. The quantitative estimate of drug-likeness (QED) is 0.536. The molecule has 1 aliphatic heterocycles. The summed E-state index contributed by atoms with van der Waals surface area (Å²) in [5.74, 6) is -1.43. The Balaban J connectivity index is 1.51. The molecule has 2 heterocycles. The highest BCUT2D eigenvalue weighted by Crippen LogP contribution is 2.28. The fourth-order valence-corrected chi connectivity index (χ4v) is 4.10. The van der Waals surface area contributed by atoms with Gasteiger partial charge in [-0.05, 0) is 18.6 Å². The minimum atomic E-state index is -1.59. The molecule has 0 saturated carbocycles. The second-order valence-electron chi connectivity index (χ2n) is 7.57. The van der Waals surface area contributed by atoms with Gasteiger partial charge in [0.1, 0.15) is 18.0 Å². The maximum atomic E-state index is 14.6. The van der Waals surface area contributed by atoms with E-state index in [1.807, 2.05) is 0 Å². The van der Waals surface area contributed by atoms with E-state index in [9.17, 15) is 23.2 Å². The fourth-order valence-electron chi connectivity index (χ4n) is 3.91. The monoisotopic (exact) mass is 475 g/mol. The molecule has 8 nitrogen and oxygen atoms in total. The lowest BCUT2D eigenvalue weighted by atomic mass is 10.1. The van der Waals surface area contributed by atoms with Crippen LogP contribution in [0.3, 0.4) is 0 Å². The lowest BCUT2D eigenvalue weighted by Crippen LogP contribution is -2.50. The number of primary amides is 1. The number of carbonyl (C=O) groups is 3. The molecular formula is C22H20ClF2N5O3. The number of fused-ring (bicyclic) bond motifs is 1. The standard InChI is InChI=1S/C22H20ClF2N5O3/c23-14-6-3-4-12(18(14)25)10-27-20(31)19-15(24)8-9-29(19)22(33)28-16-11-30(21(26)32)17-7-2-1-5-13(16)17/h1-7,11,15,19H,8-10H2,(H2,26,32)(H,27,31)(H,28,33)/t15-,19+/m1/s1. The molecule has 4 amide bonds. The molecule has 0 unspecified atom stereocenters. The van der Waals surface area contributed by atoms with Gasteiger partial charge in [0.15, 0.2) is 0 Å². The smallest absolute Gasteiger partial charge is 0.323 e. The van der Waals surface area contributed by atoms with Gasteiger partial charge in [-0.15, -0.1) is 0 Å². The molecule has 0 aliphatic carbocycles. The van der Waals surface area contributed by atoms with Gasteiger partial charge >= 0.3 is 12.1 Å². The average molecular weight is 476 g/mol. The lowest BCUT2D eigenvalue weighted by molar-refractivity contribution is -0.126. The third-order valence-electron chi connectivity index (χ3n) is 5.53. The second-order valence-corrected chi connectivity index (χ2v) is 7.98. The number of para-hydroxylation sites is 1. The van der Waals surface area contributed by atoms with Gasteiger partial charge in [-0.25, -0.2) is 18.4 Å². The molecule has 1 aromatic heterocycles. The predicted molar refractivity (Wildman–Crippen MR) is 119 cm³/mol. The first-order valence-electron chi connectivity index (χ1n) is 10.1. The summed E-state index contributed by atoms with van der Waals surface area (Å²) in [5.41, 5.74) is 6.31. The SMILES string of the molecule is NC(=O)n1cc(NC(=O)N2CC[C@@H](F)[C@H]2C(=O)NCc2cccc(Cl)c2F)c2ccccc21. The van der Waals surface area contributed by atoms with Crippen molar-refractivity contribution >= 4 is 46.2 Å². The van der Waals surface area contributed by atoms with Crippen molar-refractivity contribution in [3.8, 4) is 0 Å². The van der Waals surface area contributed by atoms with Crippen LogP contribution in [0.2, 0.25) is 5.02 Å². The molecule has 3 aromatic rings. The van der Waals surface area contributed by atoms with Crippen molar-refractivity contribution in [2.45, 2.75) is 25.2 Å². The van der Waals surface area contributed by atoms with E-state index >= 15 is 0 Å². The van der Waals surface area contributed by atoms with Crippen molar-refractivity contribution in [3.63, 3.8) is 0 Å². The summed E-state index contributed by atoms with van der Waals surface area (Å²) >= 11 is 5.74. The van der Waals surface area contributed by atoms with Crippen LogP contribution in [-0.4, -0.2) is 46.2 Å². The second kappa shape index (κ2) is 9.07. The lowest BCUT2D eigenvalue weighted by Gasteiger charge is -2.25. The van der Waals surface area contributed by atoms with E-state index in [-0.39, 0.29) is 35.8 Å². The van der Waals surface area contributed by atoms with Gasteiger partial charge in [0.25, 0.3) is 0 Å². The van der Waals surface area contributed by atoms with Crippen molar-refractivity contribution in [1.82, 2.24) is 14.8 Å². The summed E-state index contributed by atoms with van der Waals surface area (Å²) in [5, 5.41) is 5.56. The summed E-state index contributed by atoms with van der Waals surface area (Å²) in [4.78, 5) is 38.4. The van der Waals surface area contributed by atoms with Crippen LogP contribution in [0.4, 0.5) is 24.1 Å². The van der Waals surface area contributed by atoms with Crippen LogP contribution in [0.1, 0.15) is 12.0 Å². The number of anilines is 1. The average Bonchev–Trinajstić information content (AvgIpc) is 3.35. The van der Waals surface area contributed by atoms with Gasteiger partial charge in [0.2, 0.25) is 5.91 Å². The van der Waals surface area contributed by atoms with Gasteiger partial charge in [0, 0.05) is 30.2 Å². The van der Waals surface area contributed by atoms with Gasteiger partial charge < -0.3 is 21.3 Å². The van der Waals surface area contributed by atoms with Crippen LogP contribution >= 0.6 is 11.6 Å². The Hall–Kier alpha value is -3.66. The number of likely N-dealkylation sites (tertiary alicyclic amines) is 1. The van der Waals surface area contributed by atoms with Crippen LogP contribution < -0.4 is 16.4 Å². The number of amides is 4. The zero-order chi connectivity index (χ0) is 23.7. The van der Waals surface area contributed by atoms with Crippen molar-refractivity contribution in [2.24, 2.45) is 5.73 Å². The molecular weight excluding hydrogens is 456 g/mol. The van der Waals surface area contributed by atoms with Crippen molar-refractivity contribution < 1.29 is 23.2 Å². The Bertz CT molecular complexity index is 1250. The Kier molecular flexibility index (Phi) is 6.19. The summed E-state index contributed by atoms with van der Waals surface area (Å²) in [7, 11) is 0. The highest BCUT2D eigenvalue weighted by atomic mass is 35.5. The maximum Gasteiger partial charge on any atom is 0.323 e. The van der Waals surface area contributed by atoms with E-state index in [1.54, 1.807) is 24.3 Å². The number of hydrogen-bond donors (Lipinski definition) is 3. The molecule has 0 bridgehead atoms. The first kappa shape index (κ1) is 22.5. The topological polar surface area (TPSA) is 109 Å². The summed E-state index contributed by atoms with van der Waals surface area (Å²) in [6.07, 6.45) is -0.253. The maximum absolute atomic E-state index is 14.6. The van der Waals surface area contributed by atoms with Crippen LogP contribution in [0, 0.1) is 5.82 Å². The van der Waals surface area contributed by atoms with Crippen molar-refractivity contribution in [2.75, 3.05) is 11.9 Å². The molecule has 2 atom stereocenters. The number of nitrogens with zero attached hydrogens (tertiary/aromatic N) is 2. The first-order chi connectivity index (χ1) is 15.8. The van der Waals surface area contributed by atoms with E-state index in [0.29, 0.717) is 10.9 Å². The number of urea groups is 1. The number of aromatic nitrogens is 1. The Labute approximate surface area is 192 Å². The van der Waals surface area contributed by atoms with E-state index in [4.69, 9.17) is 17.3 Å². The normalized spacial score (nSPS) is 17.8. The number of nitrogens with two attached hydrogens (primary N) is 1. The molecule has 1 saturated heterocycles. The Morgan fingerprint density at radius 2 is 1.91 bits per heavy atom. The molecule has 0 spiro atoms.